The molecule has 1 saturated heterocycles. The van der Waals surface area contributed by atoms with E-state index in [2.05, 4.69) is 50.0 Å². The van der Waals surface area contributed by atoms with E-state index < -0.39 is 0 Å². The molecule has 1 N–H and O–H groups in total. The SMILES string of the molecule is Cc1cc(C)c(CNCC2CCSCC2)cc1C. The molecule has 0 unspecified atom stereocenters. The van der Waals surface area contributed by atoms with Crippen LogP contribution in [0.3, 0.4) is 0 Å². The van der Waals surface area contributed by atoms with E-state index in [0.29, 0.717) is 0 Å². The minimum atomic E-state index is 0.901. The van der Waals surface area contributed by atoms with Gasteiger partial charge in [-0.3, -0.25) is 0 Å². The van der Waals surface area contributed by atoms with E-state index in [-0.39, 0.29) is 0 Å². The fraction of sp³-hybridized carbons (Fsp3) is 0.625. The van der Waals surface area contributed by atoms with Gasteiger partial charge in [-0.2, -0.15) is 11.8 Å². The van der Waals surface area contributed by atoms with Crippen molar-refractivity contribution in [3.8, 4) is 0 Å². The van der Waals surface area contributed by atoms with Gasteiger partial charge in [0.2, 0.25) is 0 Å². The predicted molar refractivity (Wildman–Crippen MR) is 82.4 cm³/mol. The summed E-state index contributed by atoms with van der Waals surface area (Å²) < 4.78 is 0. The van der Waals surface area contributed by atoms with Gasteiger partial charge in [-0.1, -0.05) is 12.1 Å². The number of thioether (sulfide) groups is 1. The molecule has 18 heavy (non-hydrogen) atoms. The van der Waals surface area contributed by atoms with Crippen LogP contribution in [0.1, 0.15) is 35.1 Å². The molecule has 1 aliphatic heterocycles. The number of hydrogen-bond donors (Lipinski definition) is 1. The first-order valence-electron chi connectivity index (χ1n) is 7.02. The van der Waals surface area contributed by atoms with Crippen molar-refractivity contribution in [3.05, 3.63) is 34.4 Å². The predicted octanol–water partition coefficient (Wildman–Crippen LogP) is 3.84. The van der Waals surface area contributed by atoms with Crippen molar-refractivity contribution in [2.75, 3.05) is 18.1 Å². The standard InChI is InChI=1S/C16H25NS/c1-12-8-14(3)16(9-13(12)2)11-17-10-15-4-6-18-7-5-15/h8-9,15,17H,4-7,10-11H2,1-3H3. The third-order valence-electron chi connectivity index (χ3n) is 4.04. The molecule has 1 aliphatic rings. The fourth-order valence-electron chi connectivity index (χ4n) is 2.57. The minimum absolute atomic E-state index is 0.901. The monoisotopic (exact) mass is 263 g/mol. The van der Waals surface area contributed by atoms with Gasteiger partial charge in [-0.25, -0.2) is 0 Å². The van der Waals surface area contributed by atoms with Crippen LogP contribution in [-0.2, 0) is 6.54 Å². The van der Waals surface area contributed by atoms with Crippen molar-refractivity contribution in [1.82, 2.24) is 5.32 Å². The van der Waals surface area contributed by atoms with Gasteiger partial charge in [0.05, 0.1) is 0 Å². The summed E-state index contributed by atoms with van der Waals surface area (Å²) >= 11 is 2.11. The second-order valence-corrected chi connectivity index (χ2v) is 6.77. The van der Waals surface area contributed by atoms with E-state index in [9.17, 15) is 0 Å². The second kappa shape index (κ2) is 6.63. The smallest absolute Gasteiger partial charge is 0.0208 e. The van der Waals surface area contributed by atoms with Crippen LogP contribution >= 0.6 is 11.8 Å². The van der Waals surface area contributed by atoms with Crippen LogP contribution in [-0.4, -0.2) is 18.1 Å². The zero-order valence-electron chi connectivity index (χ0n) is 11.9. The number of nitrogens with one attached hydrogen (secondary N) is 1. The Morgan fingerprint density at radius 3 is 2.44 bits per heavy atom. The van der Waals surface area contributed by atoms with Crippen LogP contribution < -0.4 is 5.32 Å². The zero-order chi connectivity index (χ0) is 13.0. The Hall–Kier alpha value is -0.470. The molecule has 1 nitrogen and oxygen atoms in total. The number of aryl methyl sites for hydroxylation is 3. The first-order valence-corrected chi connectivity index (χ1v) is 8.17. The maximum absolute atomic E-state index is 3.65. The molecule has 1 aromatic rings. The molecule has 0 atom stereocenters. The molecule has 0 amide bonds. The lowest BCUT2D eigenvalue weighted by molar-refractivity contribution is 0.447. The second-order valence-electron chi connectivity index (χ2n) is 5.55. The lowest BCUT2D eigenvalue weighted by Gasteiger charge is -2.22. The van der Waals surface area contributed by atoms with Crippen molar-refractivity contribution in [3.63, 3.8) is 0 Å². The molecule has 0 spiro atoms. The molecule has 0 bridgehead atoms. The van der Waals surface area contributed by atoms with Crippen LogP contribution in [0.2, 0.25) is 0 Å². The Labute approximate surface area is 116 Å². The van der Waals surface area contributed by atoms with Crippen LogP contribution in [0.15, 0.2) is 12.1 Å². The highest BCUT2D eigenvalue weighted by atomic mass is 32.2. The van der Waals surface area contributed by atoms with E-state index in [4.69, 9.17) is 0 Å². The highest BCUT2D eigenvalue weighted by molar-refractivity contribution is 7.99. The lowest BCUT2D eigenvalue weighted by atomic mass is 10.00. The molecule has 0 radical (unpaired) electrons. The van der Waals surface area contributed by atoms with Crippen LogP contribution in [0, 0.1) is 26.7 Å². The summed E-state index contributed by atoms with van der Waals surface area (Å²) in [5.74, 6) is 3.61. The number of rotatable bonds is 4. The Balaban J connectivity index is 1.84. The van der Waals surface area contributed by atoms with E-state index in [1.54, 1.807) is 0 Å². The molecule has 1 fully saturated rings. The molecule has 2 heteroatoms. The summed E-state index contributed by atoms with van der Waals surface area (Å²) in [6.07, 6.45) is 2.78. The van der Waals surface area contributed by atoms with Gasteiger partial charge in [-0.05, 0) is 79.8 Å². The zero-order valence-corrected chi connectivity index (χ0v) is 12.7. The molecule has 0 aromatic heterocycles. The molecule has 1 aromatic carbocycles. The Kier molecular flexibility index (Phi) is 5.13. The van der Waals surface area contributed by atoms with Gasteiger partial charge < -0.3 is 5.32 Å². The van der Waals surface area contributed by atoms with Crippen molar-refractivity contribution < 1.29 is 0 Å². The van der Waals surface area contributed by atoms with E-state index in [1.165, 1.54) is 53.1 Å². The minimum Gasteiger partial charge on any atom is -0.312 e. The molecule has 100 valence electrons. The lowest BCUT2D eigenvalue weighted by Crippen LogP contribution is -2.25. The normalized spacial score (nSPS) is 17.1. The average Bonchev–Trinajstić information content (AvgIpc) is 2.37. The Morgan fingerprint density at radius 1 is 1.06 bits per heavy atom. The van der Waals surface area contributed by atoms with Gasteiger partial charge in [0, 0.05) is 6.54 Å². The molecule has 1 heterocycles. The third-order valence-corrected chi connectivity index (χ3v) is 5.09. The van der Waals surface area contributed by atoms with E-state index in [0.717, 1.165) is 12.5 Å². The summed E-state index contributed by atoms with van der Waals surface area (Å²) in [5.41, 5.74) is 5.69. The summed E-state index contributed by atoms with van der Waals surface area (Å²) in [4.78, 5) is 0. The van der Waals surface area contributed by atoms with Crippen LogP contribution in [0.4, 0.5) is 0 Å². The summed E-state index contributed by atoms with van der Waals surface area (Å²) in [5, 5.41) is 3.65. The molecule has 0 aliphatic carbocycles. The molecular weight excluding hydrogens is 238 g/mol. The summed E-state index contributed by atoms with van der Waals surface area (Å²) in [7, 11) is 0. The van der Waals surface area contributed by atoms with Crippen LogP contribution in [0.5, 0.6) is 0 Å². The summed E-state index contributed by atoms with van der Waals surface area (Å²) in [6.45, 7) is 8.83. The van der Waals surface area contributed by atoms with E-state index >= 15 is 0 Å². The van der Waals surface area contributed by atoms with Gasteiger partial charge >= 0.3 is 0 Å². The largest absolute Gasteiger partial charge is 0.312 e. The van der Waals surface area contributed by atoms with Gasteiger partial charge in [0.1, 0.15) is 0 Å². The van der Waals surface area contributed by atoms with Crippen molar-refractivity contribution in [2.24, 2.45) is 5.92 Å². The maximum atomic E-state index is 3.65. The van der Waals surface area contributed by atoms with E-state index in [1.807, 2.05) is 0 Å². The molecular formula is C16H25NS. The van der Waals surface area contributed by atoms with Gasteiger partial charge in [0.25, 0.3) is 0 Å². The fourth-order valence-corrected chi connectivity index (χ4v) is 3.78. The first kappa shape index (κ1) is 14.0. The van der Waals surface area contributed by atoms with Gasteiger partial charge in [-0.15, -0.1) is 0 Å². The maximum Gasteiger partial charge on any atom is 0.0208 e. The van der Waals surface area contributed by atoms with Crippen LogP contribution in [0.25, 0.3) is 0 Å². The topological polar surface area (TPSA) is 12.0 Å². The van der Waals surface area contributed by atoms with Crippen molar-refractivity contribution in [2.45, 2.75) is 40.2 Å². The highest BCUT2D eigenvalue weighted by Crippen LogP contribution is 2.22. The number of hydrogen-bond acceptors (Lipinski definition) is 2. The van der Waals surface area contributed by atoms with Crippen molar-refractivity contribution in [1.29, 1.82) is 0 Å². The highest BCUT2D eigenvalue weighted by Gasteiger charge is 2.13. The van der Waals surface area contributed by atoms with Gasteiger partial charge in [0.15, 0.2) is 0 Å². The quantitative estimate of drug-likeness (QED) is 0.885. The molecule has 2 rings (SSSR count). The Bertz CT molecular complexity index is 394. The summed E-state index contributed by atoms with van der Waals surface area (Å²) in [6, 6.07) is 4.65. The average molecular weight is 263 g/mol. The number of benzene rings is 1. The first-order chi connectivity index (χ1) is 8.66. The Morgan fingerprint density at radius 2 is 1.72 bits per heavy atom. The third kappa shape index (κ3) is 3.76. The van der Waals surface area contributed by atoms with Crippen molar-refractivity contribution >= 4 is 11.8 Å². The molecule has 0 saturated carbocycles.